The fourth-order valence-corrected chi connectivity index (χ4v) is 1.10. The first-order valence-corrected chi connectivity index (χ1v) is 4.75. The molecule has 0 heterocycles. The first-order chi connectivity index (χ1) is 7.24. The van der Waals surface area contributed by atoms with Crippen LogP contribution in [0.25, 0.3) is 0 Å². The predicted octanol–water partition coefficient (Wildman–Crippen LogP) is 0.310. The summed E-state index contributed by atoms with van der Waals surface area (Å²) in [6, 6.07) is 9.59. The maximum absolute atomic E-state index is 10.9. The largest absolute Gasteiger partial charge is 0.381 e. The SMILES string of the molecule is CNC(=O)C(O)COCc1ccccc1. The van der Waals surface area contributed by atoms with E-state index in [0.717, 1.165) is 5.56 Å². The summed E-state index contributed by atoms with van der Waals surface area (Å²) in [6.07, 6.45) is -1.10. The number of amides is 1. The van der Waals surface area contributed by atoms with E-state index in [0.29, 0.717) is 6.61 Å². The average molecular weight is 209 g/mol. The van der Waals surface area contributed by atoms with E-state index < -0.39 is 12.0 Å². The van der Waals surface area contributed by atoms with Gasteiger partial charge in [-0.3, -0.25) is 4.79 Å². The number of likely N-dealkylation sites (N-methyl/N-ethyl adjacent to an activating group) is 1. The Morgan fingerprint density at radius 2 is 2.13 bits per heavy atom. The van der Waals surface area contributed by atoms with Crippen molar-refractivity contribution in [3.8, 4) is 0 Å². The molecule has 0 spiro atoms. The highest BCUT2D eigenvalue weighted by atomic mass is 16.5. The maximum atomic E-state index is 10.9. The highest BCUT2D eigenvalue weighted by Crippen LogP contribution is 2.00. The fourth-order valence-electron chi connectivity index (χ4n) is 1.10. The minimum absolute atomic E-state index is 0.00850. The summed E-state index contributed by atoms with van der Waals surface area (Å²) in [5, 5.41) is 11.6. The first-order valence-electron chi connectivity index (χ1n) is 4.75. The molecule has 1 aromatic carbocycles. The van der Waals surface area contributed by atoms with Crippen LogP contribution >= 0.6 is 0 Å². The van der Waals surface area contributed by atoms with Gasteiger partial charge in [0.15, 0.2) is 6.10 Å². The molecule has 0 saturated carbocycles. The van der Waals surface area contributed by atoms with Gasteiger partial charge in [0.05, 0.1) is 13.2 Å². The molecule has 15 heavy (non-hydrogen) atoms. The van der Waals surface area contributed by atoms with Gasteiger partial charge < -0.3 is 15.2 Å². The molecule has 2 N–H and O–H groups in total. The Bertz CT molecular complexity index is 300. The molecule has 0 aliphatic carbocycles. The van der Waals surface area contributed by atoms with E-state index in [1.54, 1.807) is 0 Å². The zero-order valence-corrected chi connectivity index (χ0v) is 8.64. The van der Waals surface area contributed by atoms with Gasteiger partial charge in [0.2, 0.25) is 0 Å². The van der Waals surface area contributed by atoms with E-state index >= 15 is 0 Å². The number of ether oxygens (including phenoxy) is 1. The number of nitrogens with one attached hydrogen (secondary N) is 1. The first kappa shape index (κ1) is 11.7. The monoisotopic (exact) mass is 209 g/mol. The molecule has 0 fully saturated rings. The highest BCUT2D eigenvalue weighted by Gasteiger charge is 2.12. The van der Waals surface area contributed by atoms with Crippen LogP contribution in [-0.2, 0) is 16.1 Å². The Hall–Kier alpha value is -1.39. The molecule has 4 heteroatoms. The second-order valence-corrected chi connectivity index (χ2v) is 3.13. The van der Waals surface area contributed by atoms with Crippen molar-refractivity contribution < 1.29 is 14.6 Å². The van der Waals surface area contributed by atoms with Crippen LogP contribution in [0.2, 0.25) is 0 Å². The Morgan fingerprint density at radius 1 is 1.47 bits per heavy atom. The number of carbonyl (C=O) groups is 1. The van der Waals surface area contributed by atoms with E-state index in [-0.39, 0.29) is 6.61 Å². The lowest BCUT2D eigenvalue weighted by Gasteiger charge is -2.09. The van der Waals surface area contributed by atoms with Gasteiger partial charge in [-0.15, -0.1) is 0 Å². The summed E-state index contributed by atoms with van der Waals surface area (Å²) in [4.78, 5) is 10.9. The molecule has 0 aliphatic heterocycles. The van der Waals surface area contributed by atoms with Crippen LogP contribution < -0.4 is 5.32 Å². The number of benzene rings is 1. The van der Waals surface area contributed by atoms with Crippen molar-refractivity contribution in [1.82, 2.24) is 5.32 Å². The summed E-state index contributed by atoms with van der Waals surface area (Å²) < 4.78 is 5.19. The van der Waals surface area contributed by atoms with E-state index in [1.165, 1.54) is 7.05 Å². The third-order valence-electron chi connectivity index (χ3n) is 1.94. The molecular weight excluding hydrogens is 194 g/mol. The molecule has 0 bridgehead atoms. The van der Waals surface area contributed by atoms with Gasteiger partial charge in [0, 0.05) is 7.05 Å². The third kappa shape index (κ3) is 4.10. The van der Waals surface area contributed by atoms with Gasteiger partial charge >= 0.3 is 0 Å². The van der Waals surface area contributed by atoms with Crippen LogP contribution in [0, 0.1) is 0 Å². The molecule has 1 unspecified atom stereocenters. The second-order valence-electron chi connectivity index (χ2n) is 3.13. The molecule has 82 valence electrons. The summed E-state index contributed by atoms with van der Waals surface area (Å²) in [6.45, 7) is 0.406. The van der Waals surface area contributed by atoms with Crippen LogP contribution in [0.1, 0.15) is 5.56 Å². The number of aliphatic hydroxyl groups excluding tert-OH is 1. The fraction of sp³-hybridized carbons (Fsp3) is 0.364. The lowest BCUT2D eigenvalue weighted by molar-refractivity contribution is -0.132. The van der Waals surface area contributed by atoms with Crippen LogP contribution in [0.4, 0.5) is 0 Å². The summed E-state index contributed by atoms with van der Waals surface area (Å²) in [7, 11) is 1.47. The van der Waals surface area contributed by atoms with Crippen molar-refractivity contribution in [2.75, 3.05) is 13.7 Å². The van der Waals surface area contributed by atoms with Crippen LogP contribution in [0.5, 0.6) is 0 Å². The molecular formula is C11H15NO3. The Kier molecular flexibility index (Phi) is 4.80. The summed E-state index contributed by atoms with van der Waals surface area (Å²) in [5.74, 6) is -0.428. The lowest BCUT2D eigenvalue weighted by atomic mass is 10.2. The molecule has 1 rings (SSSR count). The Morgan fingerprint density at radius 3 is 2.73 bits per heavy atom. The quantitative estimate of drug-likeness (QED) is 0.733. The van der Waals surface area contributed by atoms with Gasteiger partial charge in [-0.05, 0) is 5.56 Å². The van der Waals surface area contributed by atoms with Crippen molar-refractivity contribution in [1.29, 1.82) is 0 Å². The lowest BCUT2D eigenvalue weighted by Crippen LogP contribution is -2.35. The standard InChI is InChI=1S/C11H15NO3/c1-12-11(14)10(13)8-15-7-9-5-3-2-4-6-9/h2-6,10,13H,7-8H2,1H3,(H,12,14). The number of hydrogen-bond acceptors (Lipinski definition) is 3. The van der Waals surface area contributed by atoms with Gasteiger partial charge in [0.25, 0.3) is 5.91 Å². The van der Waals surface area contributed by atoms with Gasteiger partial charge in [0.1, 0.15) is 0 Å². The minimum Gasteiger partial charge on any atom is -0.381 e. The van der Waals surface area contributed by atoms with Crippen molar-refractivity contribution in [2.45, 2.75) is 12.7 Å². The van der Waals surface area contributed by atoms with Gasteiger partial charge in [-0.1, -0.05) is 30.3 Å². The molecule has 0 aliphatic rings. The summed E-state index contributed by atoms with van der Waals surface area (Å²) >= 11 is 0. The second kappa shape index (κ2) is 6.16. The van der Waals surface area contributed by atoms with E-state index in [4.69, 9.17) is 4.74 Å². The molecule has 0 aromatic heterocycles. The molecule has 1 amide bonds. The molecule has 4 nitrogen and oxygen atoms in total. The van der Waals surface area contributed by atoms with Crippen molar-refractivity contribution in [2.24, 2.45) is 0 Å². The third-order valence-corrected chi connectivity index (χ3v) is 1.94. The zero-order chi connectivity index (χ0) is 11.1. The molecule has 1 aromatic rings. The van der Waals surface area contributed by atoms with Crippen molar-refractivity contribution in [3.05, 3.63) is 35.9 Å². The number of aliphatic hydroxyl groups is 1. The molecule has 1 atom stereocenters. The van der Waals surface area contributed by atoms with E-state index in [1.807, 2.05) is 30.3 Å². The number of rotatable bonds is 5. The topological polar surface area (TPSA) is 58.6 Å². The van der Waals surface area contributed by atoms with E-state index in [9.17, 15) is 9.90 Å². The molecule has 0 radical (unpaired) electrons. The summed E-state index contributed by atoms with van der Waals surface area (Å²) in [5.41, 5.74) is 1.02. The predicted molar refractivity (Wildman–Crippen MR) is 56.2 cm³/mol. The smallest absolute Gasteiger partial charge is 0.250 e. The molecule has 0 saturated heterocycles. The average Bonchev–Trinajstić information content (AvgIpc) is 2.29. The van der Waals surface area contributed by atoms with Crippen molar-refractivity contribution >= 4 is 5.91 Å². The zero-order valence-electron chi connectivity index (χ0n) is 8.64. The Labute approximate surface area is 88.9 Å². The minimum atomic E-state index is -1.10. The number of carbonyl (C=O) groups excluding carboxylic acids is 1. The highest BCUT2D eigenvalue weighted by molar-refractivity contribution is 5.80. The van der Waals surface area contributed by atoms with Crippen LogP contribution in [-0.4, -0.2) is 30.8 Å². The van der Waals surface area contributed by atoms with Crippen molar-refractivity contribution in [3.63, 3.8) is 0 Å². The maximum Gasteiger partial charge on any atom is 0.250 e. The van der Waals surface area contributed by atoms with E-state index in [2.05, 4.69) is 5.32 Å². The van der Waals surface area contributed by atoms with Crippen LogP contribution in [0.15, 0.2) is 30.3 Å². The van der Waals surface area contributed by atoms with Gasteiger partial charge in [-0.2, -0.15) is 0 Å². The Balaban J connectivity index is 2.25. The van der Waals surface area contributed by atoms with Gasteiger partial charge in [-0.25, -0.2) is 0 Å². The van der Waals surface area contributed by atoms with Crippen LogP contribution in [0.3, 0.4) is 0 Å². The normalized spacial score (nSPS) is 12.1. The number of hydrogen-bond donors (Lipinski definition) is 2.